The van der Waals surface area contributed by atoms with E-state index in [1.54, 1.807) is 6.20 Å². The number of anilines is 1. The summed E-state index contributed by atoms with van der Waals surface area (Å²) in [5, 5.41) is 12.9. The fourth-order valence-electron chi connectivity index (χ4n) is 3.31. The van der Waals surface area contributed by atoms with Crippen molar-refractivity contribution in [3.05, 3.63) is 66.0 Å². The van der Waals surface area contributed by atoms with Crippen molar-refractivity contribution >= 4 is 5.82 Å². The Morgan fingerprint density at radius 1 is 1.07 bits per heavy atom. The van der Waals surface area contributed by atoms with Crippen LogP contribution in [0.15, 0.2) is 48.7 Å². The van der Waals surface area contributed by atoms with Crippen LogP contribution in [0.4, 0.5) is 5.82 Å². The second kappa shape index (κ2) is 7.80. The maximum Gasteiger partial charge on any atom is 0.130 e. The van der Waals surface area contributed by atoms with E-state index in [1.807, 2.05) is 49.4 Å². The molecule has 0 atom stereocenters. The molecular weight excluding hydrogens is 338 g/mol. The number of benzene rings is 1. The molecule has 0 saturated heterocycles. The Bertz CT molecular complexity index is 909. The number of nitrogens with one attached hydrogen (secondary N) is 1. The van der Waals surface area contributed by atoms with Gasteiger partial charge in [-0.05, 0) is 25.8 Å². The van der Waals surface area contributed by atoms with E-state index in [-0.39, 0.29) is 6.10 Å². The third-order valence-corrected chi connectivity index (χ3v) is 4.82. The molecule has 2 N–H and O–H groups in total. The standard InChI is InChI=1S/C21H23N5O/c1-14-24-19(16-11-17(27)12-16)13-21(25-14)23-10-8-20-22-9-7-18(26-20)15-5-3-2-4-6-15/h2-7,9,13,16-17,27H,8,10-12H2,1H3,(H,23,24,25). The molecule has 0 amide bonds. The molecular formula is C21H23N5O. The smallest absolute Gasteiger partial charge is 0.130 e. The monoisotopic (exact) mass is 361 g/mol. The average molecular weight is 361 g/mol. The summed E-state index contributed by atoms with van der Waals surface area (Å²) in [6.45, 7) is 2.59. The Kier molecular flexibility index (Phi) is 5.07. The van der Waals surface area contributed by atoms with Crippen LogP contribution >= 0.6 is 0 Å². The number of nitrogens with zero attached hydrogens (tertiary/aromatic N) is 4. The van der Waals surface area contributed by atoms with Gasteiger partial charge >= 0.3 is 0 Å². The van der Waals surface area contributed by atoms with Gasteiger partial charge in [0, 0.05) is 42.4 Å². The fraction of sp³-hybridized carbons (Fsp3) is 0.333. The van der Waals surface area contributed by atoms with Crippen LogP contribution in [0.2, 0.25) is 0 Å². The summed E-state index contributed by atoms with van der Waals surface area (Å²) in [5.41, 5.74) is 3.04. The average Bonchev–Trinajstić information content (AvgIpc) is 2.66. The molecule has 1 aliphatic carbocycles. The minimum Gasteiger partial charge on any atom is -0.393 e. The molecule has 0 unspecified atom stereocenters. The molecule has 1 saturated carbocycles. The van der Waals surface area contributed by atoms with E-state index in [0.29, 0.717) is 18.9 Å². The number of aliphatic hydroxyl groups excluding tert-OH is 1. The lowest BCUT2D eigenvalue weighted by molar-refractivity contribution is 0.0731. The van der Waals surface area contributed by atoms with Crippen molar-refractivity contribution < 1.29 is 5.11 Å². The first-order valence-electron chi connectivity index (χ1n) is 9.32. The SMILES string of the molecule is Cc1nc(NCCc2nccc(-c3ccccc3)n2)cc(C2CC(O)C2)n1. The third kappa shape index (κ3) is 4.28. The van der Waals surface area contributed by atoms with Crippen LogP contribution in [0.5, 0.6) is 0 Å². The quantitative estimate of drug-likeness (QED) is 0.702. The highest BCUT2D eigenvalue weighted by molar-refractivity contribution is 5.58. The third-order valence-electron chi connectivity index (χ3n) is 4.82. The molecule has 1 aromatic carbocycles. The van der Waals surface area contributed by atoms with E-state index in [4.69, 9.17) is 0 Å². The molecule has 4 rings (SSSR count). The summed E-state index contributed by atoms with van der Waals surface area (Å²) in [5.74, 6) is 2.71. The highest BCUT2D eigenvalue weighted by atomic mass is 16.3. The topological polar surface area (TPSA) is 83.8 Å². The van der Waals surface area contributed by atoms with Crippen molar-refractivity contribution in [1.82, 2.24) is 19.9 Å². The van der Waals surface area contributed by atoms with E-state index in [0.717, 1.165) is 47.3 Å². The first-order valence-corrected chi connectivity index (χ1v) is 9.32. The first kappa shape index (κ1) is 17.5. The maximum atomic E-state index is 9.52. The van der Waals surface area contributed by atoms with Crippen molar-refractivity contribution in [2.24, 2.45) is 0 Å². The number of hydrogen-bond donors (Lipinski definition) is 2. The van der Waals surface area contributed by atoms with Gasteiger partial charge in [0.15, 0.2) is 0 Å². The summed E-state index contributed by atoms with van der Waals surface area (Å²) in [6, 6.07) is 14.0. The Morgan fingerprint density at radius 2 is 1.89 bits per heavy atom. The summed E-state index contributed by atoms with van der Waals surface area (Å²) in [4.78, 5) is 18.0. The van der Waals surface area contributed by atoms with Gasteiger partial charge in [0.25, 0.3) is 0 Å². The maximum absolute atomic E-state index is 9.52. The molecule has 2 aromatic heterocycles. The molecule has 0 bridgehead atoms. The van der Waals surface area contributed by atoms with E-state index in [1.165, 1.54) is 0 Å². The Morgan fingerprint density at radius 3 is 2.67 bits per heavy atom. The second-order valence-corrected chi connectivity index (χ2v) is 6.95. The molecule has 6 nitrogen and oxygen atoms in total. The molecule has 138 valence electrons. The molecule has 0 radical (unpaired) electrons. The van der Waals surface area contributed by atoms with Gasteiger partial charge in [-0.15, -0.1) is 0 Å². The van der Waals surface area contributed by atoms with E-state index in [9.17, 15) is 5.11 Å². The fourth-order valence-corrected chi connectivity index (χ4v) is 3.31. The summed E-state index contributed by atoms with van der Waals surface area (Å²) >= 11 is 0. The van der Waals surface area contributed by atoms with Gasteiger partial charge in [-0.2, -0.15) is 0 Å². The second-order valence-electron chi connectivity index (χ2n) is 6.95. The van der Waals surface area contributed by atoms with Gasteiger partial charge in [0.2, 0.25) is 0 Å². The Labute approximate surface area is 158 Å². The molecule has 3 aromatic rings. The van der Waals surface area contributed by atoms with Gasteiger partial charge in [0.05, 0.1) is 11.8 Å². The molecule has 27 heavy (non-hydrogen) atoms. The van der Waals surface area contributed by atoms with Crippen molar-refractivity contribution in [3.8, 4) is 11.3 Å². The van der Waals surface area contributed by atoms with Crippen LogP contribution in [0.3, 0.4) is 0 Å². The molecule has 0 spiro atoms. The lowest BCUT2D eigenvalue weighted by atomic mass is 9.80. The largest absolute Gasteiger partial charge is 0.393 e. The minimum atomic E-state index is -0.185. The Hall–Kier alpha value is -2.86. The number of aryl methyl sites for hydroxylation is 1. The van der Waals surface area contributed by atoms with Gasteiger partial charge in [-0.1, -0.05) is 30.3 Å². The molecule has 0 aliphatic heterocycles. The number of aliphatic hydroxyl groups is 1. The van der Waals surface area contributed by atoms with Crippen molar-refractivity contribution in [2.75, 3.05) is 11.9 Å². The van der Waals surface area contributed by atoms with Crippen molar-refractivity contribution in [2.45, 2.75) is 38.2 Å². The highest BCUT2D eigenvalue weighted by Gasteiger charge is 2.30. The minimum absolute atomic E-state index is 0.185. The van der Waals surface area contributed by atoms with Crippen LogP contribution in [0.25, 0.3) is 11.3 Å². The van der Waals surface area contributed by atoms with Crippen molar-refractivity contribution in [3.63, 3.8) is 0 Å². The molecule has 6 heteroatoms. The number of aromatic nitrogens is 4. The molecule has 1 aliphatic rings. The van der Waals surface area contributed by atoms with Gasteiger partial charge in [-0.3, -0.25) is 0 Å². The lowest BCUT2D eigenvalue weighted by Gasteiger charge is -2.31. The zero-order valence-corrected chi connectivity index (χ0v) is 15.3. The van der Waals surface area contributed by atoms with Crippen LogP contribution in [-0.2, 0) is 6.42 Å². The lowest BCUT2D eigenvalue weighted by Crippen LogP contribution is -2.27. The predicted molar refractivity (Wildman–Crippen MR) is 104 cm³/mol. The first-order chi connectivity index (χ1) is 13.2. The van der Waals surface area contributed by atoms with Gasteiger partial charge in [0.1, 0.15) is 17.5 Å². The summed E-state index contributed by atoms with van der Waals surface area (Å²) in [6.07, 6.45) is 3.91. The van der Waals surface area contributed by atoms with E-state index in [2.05, 4.69) is 25.3 Å². The molecule has 1 fully saturated rings. The Balaban J connectivity index is 1.39. The predicted octanol–water partition coefficient (Wildman–Crippen LogP) is 3.13. The number of hydrogen-bond acceptors (Lipinski definition) is 6. The van der Waals surface area contributed by atoms with Crippen LogP contribution < -0.4 is 5.32 Å². The highest BCUT2D eigenvalue weighted by Crippen LogP contribution is 2.36. The zero-order valence-electron chi connectivity index (χ0n) is 15.3. The van der Waals surface area contributed by atoms with E-state index >= 15 is 0 Å². The summed E-state index contributed by atoms with van der Waals surface area (Å²) in [7, 11) is 0. The van der Waals surface area contributed by atoms with E-state index < -0.39 is 0 Å². The molecule has 2 heterocycles. The van der Waals surface area contributed by atoms with Gasteiger partial charge < -0.3 is 10.4 Å². The zero-order chi connectivity index (χ0) is 18.6. The summed E-state index contributed by atoms with van der Waals surface area (Å²) < 4.78 is 0. The normalized spacial score (nSPS) is 18.7. The number of rotatable bonds is 6. The van der Waals surface area contributed by atoms with Crippen LogP contribution in [-0.4, -0.2) is 37.7 Å². The van der Waals surface area contributed by atoms with Gasteiger partial charge in [-0.25, -0.2) is 19.9 Å². The van der Waals surface area contributed by atoms with Crippen LogP contribution in [0.1, 0.15) is 36.1 Å². The van der Waals surface area contributed by atoms with Crippen molar-refractivity contribution in [1.29, 1.82) is 0 Å². The van der Waals surface area contributed by atoms with Crippen LogP contribution in [0, 0.1) is 6.92 Å².